The maximum Gasteiger partial charge on any atom is 0.197 e. The van der Waals surface area contributed by atoms with Crippen molar-refractivity contribution < 1.29 is 0 Å². The van der Waals surface area contributed by atoms with Gasteiger partial charge in [-0.15, -0.1) is 28.1 Å². The molecule has 1 aliphatic carbocycles. The van der Waals surface area contributed by atoms with E-state index in [1.165, 1.54) is 32.1 Å². The average Bonchev–Trinajstić information content (AvgIpc) is 3.24. The molecule has 24 heavy (non-hydrogen) atoms. The van der Waals surface area contributed by atoms with Crippen LogP contribution in [0.5, 0.6) is 0 Å². The molecule has 0 N–H and O–H groups in total. The van der Waals surface area contributed by atoms with Gasteiger partial charge in [0.15, 0.2) is 5.16 Å². The molecule has 3 heterocycles. The van der Waals surface area contributed by atoms with Crippen LogP contribution in [-0.2, 0) is 6.54 Å². The number of fused-ring (bicyclic) bond motifs is 1. The molecule has 4 rings (SSSR count). The second-order valence-corrected chi connectivity index (χ2v) is 7.85. The van der Waals surface area contributed by atoms with Crippen LogP contribution < -0.4 is 0 Å². The van der Waals surface area contributed by atoms with E-state index in [4.69, 9.17) is 0 Å². The van der Waals surface area contributed by atoms with Crippen molar-refractivity contribution >= 4 is 33.3 Å². The number of thiophene rings is 1. The molecule has 0 amide bonds. The van der Waals surface area contributed by atoms with E-state index in [1.807, 2.05) is 11.5 Å². The van der Waals surface area contributed by atoms with Gasteiger partial charge in [0.05, 0.1) is 0 Å². The highest BCUT2D eigenvalue weighted by atomic mass is 32.2. The summed E-state index contributed by atoms with van der Waals surface area (Å²) in [5.74, 6) is 1.62. The molecule has 0 aliphatic heterocycles. The predicted octanol–water partition coefficient (Wildman–Crippen LogP) is 4.67. The number of allylic oxidation sites excluding steroid dienone is 1. The Labute approximate surface area is 149 Å². The third-order valence-corrected chi connectivity index (χ3v) is 6.26. The van der Waals surface area contributed by atoms with Gasteiger partial charge in [0.25, 0.3) is 0 Å². The third kappa shape index (κ3) is 2.98. The Bertz CT molecular complexity index is 848. The Morgan fingerprint density at radius 2 is 2.12 bits per heavy atom. The number of hydrogen-bond donors (Lipinski definition) is 0. The minimum Gasteiger partial charge on any atom is -0.302 e. The lowest BCUT2D eigenvalue weighted by atomic mass is 9.89. The molecule has 0 unspecified atom stereocenters. The molecule has 0 radical (unpaired) electrons. The number of rotatable bonds is 5. The van der Waals surface area contributed by atoms with Crippen LogP contribution >= 0.6 is 23.1 Å². The molecule has 0 aromatic carbocycles. The van der Waals surface area contributed by atoms with Crippen molar-refractivity contribution in [3.8, 4) is 0 Å². The zero-order chi connectivity index (χ0) is 16.4. The van der Waals surface area contributed by atoms with Gasteiger partial charge in [-0.05, 0) is 36.0 Å². The van der Waals surface area contributed by atoms with Crippen molar-refractivity contribution in [3.05, 3.63) is 36.3 Å². The summed E-state index contributed by atoms with van der Waals surface area (Å²) in [7, 11) is 0. The van der Waals surface area contributed by atoms with Crippen molar-refractivity contribution in [2.75, 3.05) is 0 Å². The minimum atomic E-state index is 0.520. The van der Waals surface area contributed by atoms with E-state index < -0.39 is 0 Å². The monoisotopic (exact) mass is 357 g/mol. The lowest BCUT2D eigenvalue weighted by Gasteiger charge is -2.21. The third-order valence-electron chi connectivity index (χ3n) is 4.44. The molecule has 0 spiro atoms. The fourth-order valence-electron chi connectivity index (χ4n) is 3.27. The van der Waals surface area contributed by atoms with Gasteiger partial charge in [-0.1, -0.05) is 25.3 Å². The molecule has 1 fully saturated rings. The van der Waals surface area contributed by atoms with Crippen LogP contribution in [0.1, 0.15) is 43.8 Å². The van der Waals surface area contributed by atoms with Crippen molar-refractivity contribution in [2.24, 2.45) is 0 Å². The molecule has 1 saturated carbocycles. The SMILES string of the molecule is C=CCn1c(Sc2ncnc3sccc23)nnc1C1CCCCC1. The molecule has 5 nitrogen and oxygen atoms in total. The first kappa shape index (κ1) is 15.8. The Kier molecular flexibility index (Phi) is 4.62. The quantitative estimate of drug-likeness (QED) is 0.491. The summed E-state index contributed by atoms with van der Waals surface area (Å²) in [4.78, 5) is 9.77. The summed E-state index contributed by atoms with van der Waals surface area (Å²) in [6.07, 6.45) is 9.87. The van der Waals surface area contributed by atoms with Crippen LogP contribution in [0.25, 0.3) is 10.2 Å². The first-order valence-corrected chi connectivity index (χ1v) is 9.96. The first-order chi connectivity index (χ1) is 11.9. The van der Waals surface area contributed by atoms with Crippen LogP contribution in [0, 0.1) is 0 Å². The molecule has 3 aromatic rings. The highest BCUT2D eigenvalue weighted by Gasteiger charge is 2.23. The van der Waals surface area contributed by atoms with E-state index in [9.17, 15) is 0 Å². The molecule has 0 saturated heterocycles. The summed E-state index contributed by atoms with van der Waals surface area (Å²) < 4.78 is 2.20. The van der Waals surface area contributed by atoms with E-state index in [0.29, 0.717) is 5.92 Å². The molecule has 7 heteroatoms. The normalized spacial score (nSPS) is 15.8. The molecule has 0 bridgehead atoms. The topological polar surface area (TPSA) is 56.5 Å². The Hall–Kier alpha value is -1.73. The van der Waals surface area contributed by atoms with Gasteiger partial charge in [-0.3, -0.25) is 0 Å². The molecule has 0 atom stereocenters. The highest BCUT2D eigenvalue weighted by molar-refractivity contribution is 7.99. The van der Waals surface area contributed by atoms with Gasteiger partial charge >= 0.3 is 0 Å². The Morgan fingerprint density at radius 3 is 2.96 bits per heavy atom. The lowest BCUT2D eigenvalue weighted by molar-refractivity contribution is 0.415. The molecule has 3 aromatic heterocycles. The molecular weight excluding hydrogens is 338 g/mol. The van der Waals surface area contributed by atoms with Crippen LogP contribution in [0.2, 0.25) is 0 Å². The van der Waals surface area contributed by atoms with Crippen LogP contribution in [0.4, 0.5) is 0 Å². The number of aromatic nitrogens is 5. The van der Waals surface area contributed by atoms with E-state index in [-0.39, 0.29) is 0 Å². The minimum absolute atomic E-state index is 0.520. The zero-order valence-corrected chi connectivity index (χ0v) is 15.0. The molecular formula is C17H19N5S2. The first-order valence-electron chi connectivity index (χ1n) is 8.27. The maximum atomic E-state index is 4.53. The fourth-order valence-corrected chi connectivity index (χ4v) is 4.98. The molecule has 124 valence electrons. The summed E-state index contributed by atoms with van der Waals surface area (Å²) >= 11 is 3.20. The van der Waals surface area contributed by atoms with Crippen LogP contribution in [-0.4, -0.2) is 24.7 Å². The van der Waals surface area contributed by atoms with Gasteiger partial charge in [0.2, 0.25) is 0 Å². The van der Waals surface area contributed by atoms with Crippen molar-refractivity contribution in [1.82, 2.24) is 24.7 Å². The average molecular weight is 358 g/mol. The number of hydrogen-bond acceptors (Lipinski definition) is 6. The largest absolute Gasteiger partial charge is 0.302 e. The lowest BCUT2D eigenvalue weighted by Crippen LogP contribution is -2.12. The second kappa shape index (κ2) is 7.03. The maximum absolute atomic E-state index is 4.53. The predicted molar refractivity (Wildman–Crippen MR) is 97.6 cm³/mol. The second-order valence-electron chi connectivity index (χ2n) is 6.00. The summed E-state index contributed by atoms with van der Waals surface area (Å²) in [6.45, 7) is 4.64. The van der Waals surface area contributed by atoms with E-state index in [1.54, 1.807) is 29.4 Å². The van der Waals surface area contributed by atoms with Gasteiger partial charge in [-0.25, -0.2) is 9.97 Å². The zero-order valence-electron chi connectivity index (χ0n) is 13.4. The summed E-state index contributed by atoms with van der Waals surface area (Å²) in [5, 5.41) is 14.0. The summed E-state index contributed by atoms with van der Waals surface area (Å²) in [6, 6.07) is 2.07. The number of nitrogens with zero attached hydrogens (tertiary/aromatic N) is 5. The highest BCUT2D eigenvalue weighted by Crippen LogP contribution is 2.36. The fraction of sp³-hybridized carbons (Fsp3) is 0.412. The van der Waals surface area contributed by atoms with Crippen molar-refractivity contribution in [1.29, 1.82) is 0 Å². The standard InChI is InChI=1S/C17H19N5S2/c1-2-9-22-14(12-6-4-3-5-7-12)20-21-17(22)24-16-13-8-10-23-15(13)18-11-19-16/h2,8,10-12H,1,3-7,9H2. The van der Waals surface area contributed by atoms with Crippen LogP contribution in [0.3, 0.4) is 0 Å². The van der Waals surface area contributed by atoms with E-state index >= 15 is 0 Å². The smallest absolute Gasteiger partial charge is 0.197 e. The van der Waals surface area contributed by atoms with Crippen molar-refractivity contribution in [2.45, 2.75) is 54.7 Å². The van der Waals surface area contributed by atoms with Crippen LogP contribution in [0.15, 0.2) is 40.6 Å². The molecule has 1 aliphatic rings. The van der Waals surface area contributed by atoms with E-state index in [2.05, 4.69) is 37.4 Å². The van der Waals surface area contributed by atoms with Gasteiger partial charge < -0.3 is 4.57 Å². The van der Waals surface area contributed by atoms with Crippen molar-refractivity contribution in [3.63, 3.8) is 0 Å². The van der Waals surface area contributed by atoms with Gasteiger partial charge in [0.1, 0.15) is 22.0 Å². The van der Waals surface area contributed by atoms with Gasteiger partial charge in [-0.2, -0.15) is 0 Å². The Morgan fingerprint density at radius 1 is 1.25 bits per heavy atom. The van der Waals surface area contributed by atoms with Gasteiger partial charge in [0, 0.05) is 17.8 Å². The van der Waals surface area contributed by atoms with E-state index in [0.717, 1.165) is 32.8 Å². The Balaban J connectivity index is 1.68. The summed E-state index contributed by atoms with van der Waals surface area (Å²) in [5.41, 5.74) is 0.